The molecule has 0 aliphatic heterocycles. The van der Waals surface area contributed by atoms with Crippen molar-refractivity contribution >= 4 is 34.8 Å². The molecule has 2 aromatic carbocycles. The number of carbonyl (C=O) groups excluding carboxylic acids is 1. The van der Waals surface area contributed by atoms with E-state index in [1.165, 1.54) is 6.92 Å². The molecule has 0 aromatic heterocycles. The Labute approximate surface area is 138 Å². The lowest BCUT2D eigenvalue weighted by atomic mass is 10.3. The van der Waals surface area contributed by atoms with Gasteiger partial charge in [-0.2, -0.15) is 0 Å². The Morgan fingerprint density at radius 2 is 1.64 bits per heavy atom. The van der Waals surface area contributed by atoms with E-state index in [0.717, 1.165) is 0 Å². The van der Waals surface area contributed by atoms with Crippen LogP contribution in [0.15, 0.2) is 42.5 Å². The first-order valence-electron chi connectivity index (χ1n) is 6.64. The summed E-state index contributed by atoms with van der Waals surface area (Å²) in [6.45, 7) is 2.01. The average Bonchev–Trinajstić information content (AvgIpc) is 2.47. The number of hydrogen-bond acceptors (Lipinski definition) is 3. The molecule has 2 rings (SSSR count). The van der Waals surface area contributed by atoms with Crippen molar-refractivity contribution in [3.8, 4) is 11.5 Å². The molecule has 0 fully saturated rings. The molecule has 1 N–H and O–H groups in total. The molecule has 4 nitrogen and oxygen atoms in total. The van der Waals surface area contributed by atoms with Gasteiger partial charge in [-0.25, -0.2) is 0 Å². The second-order valence-electron chi connectivity index (χ2n) is 4.43. The number of anilines is 1. The first kappa shape index (κ1) is 16.5. The number of ether oxygens (including phenoxy) is 2. The molecule has 0 heterocycles. The van der Waals surface area contributed by atoms with Gasteiger partial charge in [0.1, 0.15) is 19.0 Å². The van der Waals surface area contributed by atoms with Gasteiger partial charge in [0, 0.05) is 6.92 Å². The first-order valence-corrected chi connectivity index (χ1v) is 7.39. The third-order valence-corrected chi connectivity index (χ3v) is 3.30. The van der Waals surface area contributed by atoms with Gasteiger partial charge in [-0.05, 0) is 24.3 Å². The molecule has 0 aliphatic rings. The monoisotopic (exact) mass is 339 g/mol. The van der Waals surface area contributed by atoms with Crippen LogP contribution in [-0.2, 0) is 4.79 Å². The van der Waals surface area contributed by atoms with E-state index >= 15 is 0 Å². The van der Waals surface area contributed by atoms with E-state index in [9.17, 15) is 4.79 Å². The predicted molar refractivity (Wildman–Crippen MR) is 88.2 cm³/mol. The van der Waals surface area contributed by atoms with E-state index < -0.39 is 0 Å². The molecule has 2 aromatic rings. The van der Waals surface area contributed by atoms with Gasteiger partial charge in [-0.15, -0.1) is 0 Å². The van der Waals surface area contributed by atoms with Crippen molar-refractivity contribution in [2.45, 2.75) is 6.92 Å². The van der Waals surface area contributed by atoms with Crippen molar-refractivity contribution in [2.24, 2.45) is 0 Å². The summed E-state index contributed by atoms with van der Waals surface area (Å²) in [6.07, 6.45) is 0. The van der Waals surface area contributed by atoms with Gasteiger partial charge < -0.3 is 14.8 Å². The number of benzene rings is 2. The van der Waals surface area contributed by atoms with Crippen LogP contribution < -0.4 is 14.8 Å². The van der Waals surface area contributed by atoms with E-state index in [0.29, 0.717) is 27.2 Å². The van der Waals surface area contributed by atoms with Crippen molar-refractivity contribution in [3.05, 3.63) is 52.5 Å². The zero-order valence-electron chi connectivity index (χ0n) is 11.9. The van der Waals surface area contributed by atoms with Crippen LogP contribution in [0.4, 0.5) is 5.69 Å². The molecular weight excluding hydrogens is 325 g/mol. The Kier molecular flexibility index (Phi) is 5.92. The number of amides is 1. The Hall–Kier alpha value is -1.91. The lowest BCUT2D eigenvalue weighted by Gasteiger charge is -2.13. The highest BCUT2D eigenvalue weighted by Crippen LogP contribution is 2.32. The summed E-state index contributed by atoms with van der Waals surface area (Å²) in [7, 11) is 0. The summed E-state index contributed by atoms with van der Waals surface area (Å²) in [5.41, 5.74) is 0.616. The molecule has 116 valence electrons. The minimum atomic E-state index is -0.157. The van der Waals surface area contributed by atoms with E-state index in [-0.39, 0.29) is 19.1 Å². The fourth-order valence-electron chi connectivity index (χ4n) is 1.80. The lowest BCUT2D eigenvalue weighted by molar-refractivity contribution is -0.114. The molecule has 0 radical (unpaired) electrons. The van der Waals surface area contributed by atoms with Crippen LogP contribution in [0.1, 0.15) is 6.92 Å². The summed E-state index contributed by atoms with van der Waals surface area (Å²) in [4.78, 5) is 11.1. The summed E-state index contributed by atoms with van der Waals surface area (Å²) in [5.74, 6) is 0.853. The molecule has 6 heteroatoms. The zero-order valence-corrected chi connectivity index (χ0v) is 13.4. The van der Waals surface area contributed by atoms with E-state index in [2.05, 4.69) is 5.32 Å². The topological polar surface area (TPSA) is 47.6 Å². The third-order valence-electron chi connectivity index (χ3n) is 2.70. The summed E-state index contributed by atoms with van der Waals surface area (Å²) in [6, 6.07) is 12.3. The maximum absolute atomic E-state index is 11.1. The number of rotatable bonds is 6. The van der Waals surface area contributed by atoms with Gasteiger partial charge in [0.05, 0.1) is 15.7 Å². The van der Waals surface area contributed by atoms with Crippen LogP contribution in [0.3, 0.4) is 0 Å². The summed E-state index contributed by atoms with van der Waals surface area (Å²) < 4.78 is 11.1. The Morgan fingerprint density at radius 1 is 1.00 bits per heavy atom. The normalized spacial score (nSPS) is 10.1. The molecule has 0 bridgehead atoms. The molecule has 0 unspecified atom stereocenters. The number of carbonyl (C=O) groups is 1. The van der Waals surface area contributed by atoms with E-state index in [1.807, 2.05) is 12.1 Å². The molecule has 22 heavy (non-hydrogen) atoms. The van der Waals surface area contributed by atoms with Crippen molar-refractivity contribution in [3.63, 3.8) is 0 Å². The Balaban J connectivity index is 1.91. The Bertz CT molecular complexity index is 641. The van der Waals surface area contributed by atoms with Crippen LogP contribution in [0.25, 0.3) is 0 Å². The van der Waals surface area contributed by atoms with Gasteiger partial charge in [-0.1, -0.05) is 41.4 Å². The minimum Gasteiger partial charge on any atom is -0.488 e. The SMILES string of the molecule is CC(=O)Nc1ccccc1OCCOc1c(Cl)cccc1Cl. The third kappa shape index (κ3) is 4.55. The number of nitrogens with one attached hydrogen (secondary N) is 1. The molecule has 1 amide bonds. The van der Waals surface area contributed by atoms with Gasteiger partial charge in [-0.3, -0.25) is 4.79 Å². The molecule has 0 atom stereocenters. The lowest BCUT2D eigenvalue weighted by Crippen LogP contribution is -2.12. The highest BCUT2D eigenvalue weighted by atomic mass is 35.5. The summed E-state index contributed by atoms with van der Waals surface area (Å²) in [5, 5.41) is 3.60. The van der Waals surface area contributed by atoms with Crippen LogP contribution in [0, 0.1) is 0 Å². The number of para-hydroxylation sites is 3. The maximum atomic E-state index is 11.1. The van der Waals surface area contributed by atoms with E-state index in [1.54, 1.807) is 30.3 Å². The maximum Gasteiger partial charge on any atom is 0.221 e. The molecule has 0 saturated heterocycles. The molecule has 0 spiro atoms. The van der Waals surface area contributed by atoms with Crippen molar-refractivity contribution < 1.29 is 14.3 Å². The number of hydrogen-bond donors (Lipinski definition) is 1. The largest absolute Gasteiger partial charge is 0.488 e. The minimum absolute atomic E-state index is 0.157. The second-order valence-corrected chi connectivity index (χ2v) is 5.24. The van der Waals surface area contributed by atoms with Crippen LogP contribution in [-0.4, -0.2) is 19.1 Å². The van der Waals surface area contributed by atoms with E-state index in [4.69, 9.17) is 32.7 Å². The van der Waals surface area contributed by atoms with Gasteiger partial charge in [0.25, 0.3) is 0 Å². The van der Waals surface area contributed by atoms with Crippen molar-refractivity contribution in [1.82, 2.24) is 0 Å². The van der Waals surface area contributed by atoms with Crippen molar-refractivity contribution in [1.29, 1.82) is 0 Å². The van der Waals surface area contributed by atoms with Crippen molar-refractivity contribution in [2.75, 3.05) is 18.5 Å². The van der Waals surface area contributed by atoms with Gasteiger partial charge >= 0.3 is 0 Å². The second kappa shape index (κ2) is 7.92. The molecule has 0 aliphatic carbocycles. The average molecular weight is 340 g/mol. The fourth-order valence-corrected chi connectivity index (χ4v) is 2.31. The highest BCUT2D eigenvalue weighted by Gasteiger charge is 2.07. The molecular formula is C16H15Cl2NO3. The zero-order chi connectivity index (χ0) is 15.9. The first-order chi connectivity index (χ1) is 10.6. The van der Waals surface area contributed by atoms with Crippen LogP contribution >= 0.6 is 23.2 Å². The number of halogens is 2. The summed E-state index contributed by atoms with van der Waals surface area (Å²) >= 11 is 12.0. The smallest absolute Gasteiger partial charge is 0.221 e. The standard InChI is InChI=1S/C16H15Cl2NO3/c1-11(20)19-14-7-2-3-8-15(14)21-9-10-22-16-12(17)5-4-6-13(16)18/h2-8H,9-10H2,1H3,(H,19,20). The van der Waals surface area contributed by atoms with Gasteiger partial charge in [0.2, 0.25) is 5.91 Å². The highest BCUT2D eigenvalue weighted by molar-refractivity contribution is 6.37. The van der Waals surface area contributed by atoms with Crippen LogP contribution in [0.2, 0.25) is 10.0 Å². The Morgan fingerprint density at radius 3 is 2.32 bits per heavy atom. The fraction of sp³-hybridized carbons (Fsp3) is 0.188. The van der Waals surface area contributed by atoms with Gasteiger partial charge in [0.15, 0.2) is 5.75 Å². The molecule has 0 saturated carbocycles. The quantitative estimate of drug-likeness (QED) is 0.793. The van der Waals surface area contributed by atoms with Crippen LogP contribution in [0.5, 0.6) is 11.5 Å². The predicted octanol–water partition coefficient (Wildman–Crippen LogP) is 4.41.